The normalized spacial score (nSPS) is 14.3. The van der Waals surface area contributed by atoms with Crippen molar-refractivity contribution in [3.63, 3.8) is 0 Å². The van der Waals surface area contributed by atoms with Crippen LogP contribution in [0, 0.1) is 0 Å². The van der Waals surface area contributed by atoms with Crippen LogP contribution in [0.25, 0.3) is 0 Å². The maximum Gasteiger partial charge on any atom is 0.261 e. The fourth-order valence-electron chi connectivity index (χ4n) is 4.83. The van der Waals surface area contributed by atoms with E-state index in [1.165, 1.54) is 6.42 Å². The molecule has 206 valence electrons. The standard InChI is InChI=1S/C31H34Cl2N2O4/c1-38-26-14-16-27(17-15-26)39-21-30(36)35(20-23-12-13-24(32)19-28(23)33)29(18-22-8-4-2-5-9-22)31(37)34-25-10-6-3-7-11-25/h2,4-5,8-9,12-17,19,25,29H,3,6-7,10-11,18,20-21H2,1H3,(H,34,37). The minimum absolute atomic E-state index is 0.108. The fourth-order valence-corrected chi connectivity index (χ4v) is 5.30. The second kappa shape index (κ2) is 14.2. The van der Waals surface area contributed by atoms with Crippen LogP contribution in [0.4, 0.5) is 0 Å². The van der Waals surface area contributed by atoms with E-state index in [2.05, 4.69) is 5.32 Å². The molecule has 1 atom stereocenters. The minimum atomic E-state index is -0.756. The van der Waals surface area contributed by atoms with Gasteiger partial charge in [-0.25, -0.2) is 0 Å². The lowest BCUT2D eigenvalue weighted by molar-refractivity contribution is -0.143. The van der Waals surface area contributed by atoms with Gasteiger partial charge in [0.1, 0.15) is 17.5 Å². The van der Waals surface area contributed by atoms with Crippen molar-refractivity contribution in [2.75, 3.05) is 13.7 Å². The van der Waals surface area contributed by atoms with Gasteiger partial charge in [-0.2, -0.15) is 0 Å². The molecule has 0 aromatic heterocycles. The zero-order valence-electron chi connectivity index (χ0n) is 22.1. The van der Waals surface area contributed by atoms with E-state index in [1.54, 1.807) is 54.5 Å². The Kier molecular flexibility index (Phi) is 10.5. The van der Waals surface area contributed by atoms with Crippen LogP contribution in [0.2, 0.25) is 10.0 Å². The Hall–Kier alpha value is -3.22. The molecule has 3 aromatic rings. The van der Waals surface area contributed by atoms with Gasteiger partial charge in [0, 0.05) is 29.1 Å². The predicted octanol–water partition coefficient (Wildman–Crippen LogP) is 6.47. The van der Waals surface area contributed by atoms with Gasteiger partial charge in [-0.05, 0) is 60.4 Å². The molecule has 1 aliphatic rings. The highest BCUT2D eigenvalue weighted by molar-refractivity contribution is 6.35. The Bertz CT molecular complexity index is 1230. The predicted molar refractivity (Wildman–Crippen MR) is 154 cm³/mol. The van der Waals surface area contributed by atoms with Crippen LogP contribution in [-0.2, 0) is 22.6 Å². The van der Waals surface area contributed by atoms with Crippen LogP contribution in [0.3, 0.4) is 0 Å². The Labute approximate surface area is 240 Å². The zero-order valence-corrected chi connectivity index (χ0v) is 23.6. The SMILES string of the molecule is COc1ccc(OCC(=O)N(Cc2ccc(Cl)cc2Cl)C(Cc2ccccc2)C(=O)NC2CCCCC2)cc1. The first-order chi connectivity index (χ1) is 18.9. The minimum Gasteiger partial charge on any atom is -0.497 e. The van der Waals surface area contributed by atoms with Gasteiger partial charge >= 0.3 is 0 Å². The summed E-state index contributed by atoms with van der Waals surface area (Å²) in [4.78, 5) is 29.2. The molecule has 1 unspecified atom stereocenters. The van der Waals surface area contributed by atoms with Gasteiger partial charge in [0.15, 0.2) is 6.61 Å². The second-order valence-electron chi connectivity index (χ2n) is 9.77. The van der Waals surface area contributed by atoms with E-state index in [0.717, 1.165) is 31.2 Å². The molecule has 1 saturated carbocycles. The van der Waals surface area contributed by atoms with Gasteiger partial charge in [0.2, 0.25) is 5.91 Å². The summed E-state index contributed by atoms with van der Waals surface area (Å²) >= 11 is 12.6. The molecule has 0 radical (unpaired) electrons. The summed E-state index contributed by atoms with van der Waals surface area (Å²) in [6.45, 7) is -0.101. The van der Waals surface area contributed by atoms with E-state index in [4.69, 9.17) is 32.7 Å². The average Bonchev–Trinajstić information content (AvgIpc) is 2.96. The smallest absolute Gasteiger partial charge is 0.261 e. The van der Waals surface area contributed by atoms with Gasteiger partial charge in [-0.3, -0.25) is 9.59 Å². The van der Waals surface area contributed by atoms with E-state index in [1.807, 2.05) is 30.3 Å². The van der Waals surface area contributed by atoms with Crippen molar-refractivity contribution < 1.29 is 19.1 Å². The zero-order chi connectivity index (χ0) is 27.6. The maximum absolute atomic E-state index is 13.8. The summed E-state index contributed by atoms with van der Waals surface area (Å²) < 4.78 is 11.0. The lowest BCUT2D eigenvalue weighted by Gasteiger charge is -2.33. The van der Waals surface area contributed by atoms with Gasteiger partial charge in [-0.15, -0.1) is 0 Å². The number of benzene rings is 3. The molecule has 6 nitrogen and oxygen atoms in total. The van der Waals surface area contributed by atoms with Crippen molar-refractivity contribution >= 4 is 35.0 Å². The fraction of sp³-hybridized carbons (Fsp3) is 0.355. The second-order valence-corrected chi connectivity index (χ2v) is 10.6. The third kappa shape index (κ3) is 8.38. The van der Waals surface area contributed by atoms with Crippen LogP contribution in [0.1, 0.15) is 43.2 Å². The molecule has 0 bridgehead atoms. The number of hydrogen-bond donors (Lipinski definition) is 1. The van der Waals surface area contributed by atoms with Crippen molar-refractivity contribution in [2.45, 2.75) is 57.2 Å². The molecule has 8 heteroatoms. The highest BCUT2D eigenvalue weighted by Gasteiger charge is 2.32. The van der Waals surface area contributed by atoms with Crippen LogP contribution in [0.5, 0.6) is 11.5 Å². The van der Waals surface area contributed by atoms with Crippen LogP contribution < -0.4 is 14.8 Å². The number of rotatable bonds is 11. The third-order valence-electron chi connectivity index (χ3n) is 7.00. The number of halogens is 2. The first-order valence-corrected chi connectivity index (χ1v) is 14.0. The third-order valence-corrected chi connectivity index (χ3v) is 7.59. The van der Waals surface area contributed by atoms with Crippen molar-refractivity contribution in [1.29, 1.82) is 0 Å². The molecule has 2 amide bonds. The highest BCUT2D eigenvalue weighted by Crippen LogP contribution is 2.25. The van der Waals surface area contributed by atoms with E-state index in [-0.39, 0.29) is 31.0 Å². The number of ether oxygens (including phenoxy) is 2. The van der Waals surface area contributed by atoms with E-state index < -0.39 is 6.04 Å². The molecule has 0 heterocycles. The largest absolute Gasteiger partial charge is 0.497 e. The van der Waals surface area contributed by atoms with Gasteiger partial charge in [0.25, 0.3) is 5.91 Å². The van der Waals surface area contributed by atoms with Crippen LogP contribution in [-0.4, -0.2) is 42.5 Å². The monoisotopic (exact) mass is 568 g/mol. The van der Waals surface area contributed by atoms with Crippen molar-refractivity contribution in [1.82, 2.24) is 10.2 Å². The molecule has 0 spiro atoms. The molecule has 4 rings (SSSR count). The van der Waals surface area contributed by atoms with Gasteiger partial charge < -0.3 is 19.7 Å². The molecular weight excluding hydrogens is 535 g/mol. The molecule has 0 aliphatic heterocycles. The number of methoxy groups -OCH3 is 1. The summed E-state index contributed by atoms with van der Waals surface area (Å²) in [6.07, 6.45) is 5.61. The van der Waals surface area contributed by atoms with E-state index in [9.17, 15) is 9.59 Å². The molecular formula is C31H34Cl2N2O4. The number of amides is 2. The lowest BCUT2D eigenvalue weighted by atomic mass is 9.94. The number of carbonyl (C=O) groups excluding carboxylic acids is 2. The van der Waals surface area contributed by atoms with Crippen LogP contribution in [0.15, 0.2) is 72.8 Å². The Morgan fingerprint density at radius 3 is 2.31 bits per heavy atom. The Morgan fingerprint density at radius 1 is 0.949 bits per heavy atom. The van der Waals surface area contributed by atoms with Gasteiger partial charge in [-0.1, -0.05) is 78.9 Å². The summed E-state index contributed by atoms with van der Waals surface area (Å²) in [7, 11) is 1.59. The van der Waals surface area contributed by atoms with Crippen molar-refractivity contribution in [3.8, 4) is 11.5 Å². The molecule has 1 fully saturated rings. The molecule has 1 aliphatic carbocycles. The Balaban J connectivity index is 1.62. The lowest BCUT2D eigenvalue weighted by Crippen LogP contribution is -2.53. The van der Waals surface area contributed by atoms with E-state index in [0.29, 0.717) is 33.5 Å². The van der Waals surface area contributed by atoms with Gasteiger partial charge in [0.05, 0.1) is 7.11 Å². The average molecular weight is 570 g/mol. The molecule has 0 saturated heterocycles. The summed E-state index contributed by atoms with van der Waals surface area (Å²) in [5, 5.41) is 4.16. The number of hydrogen-bond acceptors (Lipinski definition) is 4. The first-order valence-electron chi connectivity index (χ1n) is 13.3. The Morgan fingerprint density at radius 2 is 1.64 bits per heavy atom. The number of nitrogens with one attached hydrogen (secondary N) is 1. The van der Waals surface area contributed by atoms with Crippen molar-refractivity contribution in [3.05, 3.63) is 94.0 Å². The highest BCUT2D eigenvalue weighted by atomic mass is 35.5. The molecule has 39 heavy (non-hydrogen) atoms. The maximum atomic E-state index is 13.8. The van der Waals surface area contributed by atoms with Crippen molar-refractivity contribution in [2.24, 2.45) is 0 Å². The first kappa shape index (κ1) is 28.8. The van der Waals surface area contributed by atoms with E-state index >= 15 is 0 Å². The van der Waals surface area contributed by atoms with Crippen LogP contribution >= 0.6 is 23.2 Å². The molecule has 1 N–H and O–H groups in total. The number of carbonyl (C=O) groups is 2. The summed E-state index contributed by atoms with van der Waals surface area (Å²) in [6, 6.07) is 21.2. The summed E-state index contributed by atoms with van der Waals surface area (Å²) in [5.41, 5.74) is 1.65. The summed E-state index contributed by atoms with van der Waals surface area (Å²) in [5.74, 6) is 0.722. The molecule has 3 aromatic carbocycles. The quantitative estimate of drug-likeness (QED) is 0.288. The topological polar surface area (TPSA) is 67.9 Å². The number of nitrogens with zero attached hydrogens (tertiary/aromatic N) is 1.